The van der Waals surface area contributed by atoms with Crippen LogP contribution >= 0.6 is 0 Å². The fourth-order valence-electron chi connectivity index (χ4n) is 3.00. The molecule has 1 aliphatic heterocycles. The molecule has 0 aliphatic carbocycles. The Labute approximate surface area is 150 Å². The van der Waals surface area contributed by atoms with Gasteiger partial charge in [-0.05, 0) is 43.2 Å². The van der Waals surface area contributed by atoms with Crippen molar-refractivity contribution in [1.82, 2.24) is 24.6 Å². The van der Waals surface area contributed by atoms with Crippen LogP contribution in [0.3, 0.4) is 0 Å². The highest BCUT2D eigenvalue weighted by Crippen LogP contribution is 2.23. The molecular weight excluding hydrogens is 358 g/mol. The summed E-state index contributed by atoms with van der Waals surface area (Å²) in [5.41, 5.74) is 1.66. The third-order valence-corrected chi connectivity index (χ3v) is 6.25. The highest BCUT2D eigenvalue weighted by Gasteiger charge is 2.26. The average molecular weight is 377 g/mol. The largest absolute Gasteiger partial charge is 0.388 e. The second-order valence-electron chi connectivity index (χ2n) is 6.28. The lowest BCUT2D eigenvalue weighted by atomic mass is 10.2. The SMILES string of the molecule is Cc1cc(COn2nnc3ccc(S(=O)(=O)N4CCCCC4)cc32)no1. The second kappa shape index (κ2) is 6.69. The number of sulfonamides is 1. The summed E-state index contributed by atoms with van der Waals surface area (Å²) in [6.07, 6.45) is 2.85. The zero-order chi connectivity index (χ0) is 18.1. The van der Waals surface area contributed by atoms with Crippen molar-refractivity contribution in [2.45, 2.75) is 37.7 Å². The van der Waals surface area contributed by atoms with Gasteiger partial charge in [0.05, 0.1) is 4.90 Å². The molecule has 0 N–H and O–H groups in total. The lowest BCUT2D eigenvalue weighted by Gasteiger charge is -2.25. The van der Waals surface area contributed by atoms with Gasteiger partial charge in [0.25, 0.3) is 0 Å². The highest BCUT2D eigenvalue weighted by atomic mass is 32.2. The summed E-state index contributed by atoms with van der Waals surface area (Å²) in [5, 5.41) is 11.8. The molecule has 1 aromatic carbocycles. The predicted molar refractivity (Wildman–Crippen MR) is 91.7 cm³/mol. The second-order valence-corrected chi connectivity index (χ2v) is 8.22. The molecule has 0 amide bonds. The van der Waals surface area contributed by atoms with E-state index in [1.807, 2.05) is 0 Å². The molecule has 10 heteroatoms. The fourth-order valence-corrected chi connectivity index (χ4v) is 4.54. The van der Waals surface area contributed by atoms with E-state index < -0.39 is 10.0 Å². The minimum Gasteiger partial charge on any atom is -0.388 e. The first-order valence-electron chi connectivity index (χ1n) is 8.45. The van der Waals surface area contributed by atoms with Gasteiger partial charge in [-0.3, -0.25) is 0 Å². The first-order chi connectivity index (χ1) is 12.5. The highest BCUT2D eigenvalue weighted by molar-refractivity contribution is 7.89. The topological polar surface area (TPSA) is 103 Å². The van der Waals surface area contributed by atoms with Crippen molar-refractivity contribution in [1.29, 1.82) is 0 Å². The lowest BCUT2D eigenvalue weighted by molar-refractivity contribution is 0.0714. The molecule has 1 saturated heterocycles. The Morgan fingerprint density at radius 3 is 2.73 bits per heavy atom. The smallest absolute Gasteiger partial charge is 0.243 e. The van der Waals surface area contributed by atoms with E-state index in [1.165, 1.54) is 9.15 Å². The number of hydrogen-bond acceptors (Lipinski definition) is 7. The number of benzene rings is 1. The third kappa shape index (κ3) is 3.17. The Kier molecular flexibility index (Phi) is 4.37. The monoisotopic (exact) mass is 377 g/mol. The molecule has 0 radical (unpaired) electrons. The number of rotatable bonds is 5. The summed E-state index contributed by atoms with van der Waals surface area (Å²) in [6.45, 7) is 3.04. The van der Waals surface area contributed by atoms with Crippen LogP contribution in [-0.2, 0) is 16.6 Å². The number of nitrogens with zero attached hydrogens (tertiary/aromatic N) is 5. The van der Waals surface area contributed by atoms with Crippen LogP contribution in [0.15, 0.2) is 33.7 Å². The van der Waals surface area contributed by atoms with Gasteiger partial charge in [0.15, 0.2) is 6.61 Å². The predicted octanol–water partition coefficient (Wildman–Crippen LogP) is 1.53. The first kappa shape index (κ1) is 17.0. The Morgan fingerprint density at radius 2 is 2.00 bits per heavy atom. The van der Waals surface area contributed by atoms with Crippen LogP contribution in [0.1, 0.15) is 30.7 Å². The van der Waals surface area contributed by atoms with Crippen molar-refractivity contribution in [2.24, 2.45) is 0 Å². The molecule has 4 rings (SSSR count). The van der Waals surface area contributed by atoms with Gasteiger partial charge in [0, 0.05) is 19.2 Å². The molecule has 0 spiro atoms. The Morgan fingerprint density at radius 1 is 1.19 bits per heavy atom. The molecule has 1 aliphatic rings. The van der Waals surface area contributed by atoms with Gasteiger partial charge in [-0.2, -0.15) is 4.31 Å². The van der Waals surface area contributed by atoms with Crippen LogP contribution in [0.5, 0.6) is 0 Å². The molecule has 0 bridgehead atoms. The van der Waals surface area contributed by atoms with Crippen molar-refractivity contribution in [2.75, 3.05) is 13.1 Å². The lowest BCUT2D eigenvalue weighted by Crippen LogP contribution is -2.35. The van der Waals surface area contributed by atoms with E-state index >= 15 is 0 Å². The van der Waals surface area contributed by atoms with Crippen LogP contribution in [0.25, 0.3) is 11.0 Å². The van der Waals surface area contributed by atoms with E-state index in [2.05, 4.69) is 15.5 Å². The summed E-state index contributed by atoms with van der Waals surface area (Å²) in [7, 11) is -3.53. The quantitative estimate of drug-likeness (QED) is 0.664. The van der Waals surface area contributed by atoms with Crippen molar-refractivity contribution in [3.8, 4) is 0 Å². The number of aromatic nitrogens is 4. The van der Waals surface area contributed by atoms with Gasteiger partial charge in [-0.15, -0.1) is 5.10 Å². The number of hydrogen-bond donors (Lipinski definition) is 0. The maximum absolute atomic E-state index is 12.9. The van der Waals surface area contributed by atoms with E-state index in [9.17, 15) is 8.42 Å². The molecular formula is C16H19N5O4S. The van der Waals surface area contributed by atoms with E-state index in [0.29, 0.717) is 35.6 Å². The minimum absolute atomic E-state index is 0.138. The normalized spacial score (nSPS) is 16.2. The van der Waals surface area contributed by atoms with Crippen LogP contribution < -0.4 is 4.84 Å². The van der Waals surface area contributed by atoms with Crippen LogP contribution in [0.2, 0.25) is 0 Å². The van der Waals surface area contributed by atoms with E-state index in [-0.39, 0.29) is 11.5 Å². The van der Waals surface area contributed by atoms with Gasteiger partial charge in [-0.1, -0.05) is 16.4 Å². The molecule has 0 unspecified atom stereocenters. The van der Waals surface area contributed by atoms with Gasteiger partial charge in [0.2, 0.25) is 10.0 Å². The van der Waals surface area contributed by atoms with Crippen molar-refractivity contribution >= 4 is 21.1 Å². The third-order valence-electron chi connectivity index (χ3n) is 4.35. The minimum atomic E-state index is -3.53. The summed E-state index contributed by atoms with van der Waals surface area (Å²) in [6, 6.07) is 6.50. The molecule has 3 heterocycles. The number of aryl methyl sites for hydroxylation is 1. The zero-order valence-corrected chi connectivity index (χ0v) is 15.1. The molecule has 3 aromatic rings. The first-order valence-corrected chi connectivity index (χ1v) is 9.89. The summed E-state index contributed by atoms with van der Waals surface area (Å²) in [4.78, 5) is 7.02. The fraction of sp³-hybridized carbons (Fsp3) is 0.438. The van der Waals surface area contributed by atoms with Gasteiger partial charge in [0.1, 0.15) is 22.5 Å². The molecule has 0 saturated carbocycles. The van der Waals surface area contributed by atoms with Crippen molar-refractivity contribution < 1.29 is 17.8 Å². The van der Waals surface area contributed by atoms with Crippen LogP contribution in [0, 0.1) is 6.92 Å². The Balaban J connectivity index is 1.61. The summed E-state index contributed by atoms with van der Waals surface area (Å²) >= 11 is 0. The standard InChI is InChI=1S/C16H19N5O4S/c1-12-9-13(18-25-12)11-24-21-16-10-14(5-6-15(16)17-19-21)26(22,23)20-7-3-2-4-8-20/h5-6,9-10H,2-4,7-8,11H2,1H3. The zero-order valence-electron chi connectivity index (χ0n) is 14.3. The molecule has 138 valence electrons. The van der Waals surface area contributed by atoms with Crippen LogP contribution in [0.4, 0.5) is 0 Å². The molecule has 2 aromatic heterocycles. The Bertz CT molecular complexity index is 1020. The molecule has 1 fully saturated rings. The van der Waals surface area contributed by atoms with Crippen molar-refractivity contribution in [3.05, 3.63) is 35.7 Å². The van der Waals surface area contributed by atoms with Crippen molar-refractivity contribution in [3.63, 3.8) is 0 Å². The van der Waals surface area contributed by atoms with Gasteiger partial charge in [-0.25, -0.2) is 8.42 Å². The molecule has 0 atom stereocenters. The van der Waals surface area contributed by atoms with E-state index in [0.717, 1.165) is 19.3 Å². The van der Waals surface area contributed by atoms with Gasteiger partial charge >= 0.3 is 0 Å². The van der Waals surface area contributed by atoms with Gasteiger partial charge < -0.3 is 9.36 Å². The number of fused-ring (bicyclic) bond motifs is 1. The Hall–Kier alpha value is -2.46. The summed E-state index contributed by atoms with van der Waals surface area (Å²) < 4.78 is 32.2. The summed E-state index contributed by atoms with van der Waals surface area (Å²) in [5.74, 6) is 0.682. The average Bonchev–Trinajstić information content (AvgIpc) is 3.26. The number of piperidine rings is 1. The molecule has 26 heavy (non-hydrogen) atoms. The van der Waals surface area contributed by atoms with E-state index in [1.54, 1.807) is 31.2 Å². The van der Waals surface area contributed by atoms with Crippen LogP contribution in [-0.4, -0.2) is 46.1 Å². The molecule has 9 nitrogen and oxygen atoms in total. The maximum Gasteiger partial charge on any atom is 0.243 e. The maximum atomic E-state index is 12.9. The van der Waals surface area contributed by atoms with E-state index in [4.69, 9.17) is 9.36 Å².